The van der Waals surface area contributed by atoms with Crippen LogP contribution in [-0.2, 0) is 0 Å². The molecule has 2 nitrogen and oxygen atoms in total. The zero-order chi connectivity index (χ0) is 9.64. The van der Waals surface area contributed by atoms with Crippen molar-refractivity contribution in [1.82, 2.24) is 0 Å². The van der Waals surface area contributed by atoms with Crippen LogP contribution in [0.15, 0.2) is 0 Å². The minimum atomic E-state index is -0.259. The number of nitrogens with two attached hydrogens (primary N) is 1. The van der Waals surface area contributed by atoms with Crippen LogP contribution < -0.4 is 5.73 Å². The summed E-state index contributed by atoms with van der Waals surface area (Å²) < 4.78 is 0. The molecular weight excluding hydrogens is 162 g/mol. The van der Waals surface area contributed by atoms with Gasteiger partial charge >= 0.3 is 0 Å². The largest absolute Gasteiger partial charge is 0.392 e. The molecule has 2 bridgehead atoms. The summed E-state index contributed by atoms with van der Waals surface area (Å²) in [6, 6.07) is 0. The van der Waals surface area contributed by atoms with Gasteiger partial charge in [0.2, 0.25) is 0 Å². The van der Waals surface area contributed by atoms with Crippen LogP contribution in [-0.4, -0.2) is 17.8 Å². The van der Waals surface area contributed by atoms with Crippen molar-refractivity contribution in [2.45, 2.75) is 39.2 Å². The first kappa shape index (κ1) is 9.47. The Morgan fingerprint density at radius 3 is 2.62 bits per heavy atom. The van der Waals surface area contributed by atoms with E-state index in [9.17, 15) is 5.11 Å². The average Bonchev–Trinajstić information content (AvgIpc) is 2.16. The fourth-order valence-corrected chi connectivity index (χ4v) is 3.50. The lowest BCUT2D eigenvalue weighted by Gasteiger charge is -2.61. The van der Waals surface area contributed by atoms with E-state index >= 15 is 0 Å². The molecule has 4 atom stereocenters. The van der Waals surface area contributed by atoms with Gasteiger partial charge in [0.15, 0.2) is 0 Å². The number of hydrogen-bond donors (Lipinski definition) is 2. The third kappa shape index (κ3) is 1.23. The topological polar surface area (TPSA) is 46.2 Å². The molecule has 0 amide bonds. The highest BCUT2D eigenvalue weighted by Crippen LogP contribution is 2.61. The number of rotatable bonds is 2. The van der Waals surface area contributed by atoms with Crippen LogP contribution in [0.1, 0.15) is 33.1 Å². The van der Waals surface area contributed by atoms with E-state index in [1.807, 2.05) is 0 Å². The maximum absolute atomic E-state index is 9.78. The molecular formula is C11H21NO. The summed E-state index contributed by atoms with van der Waals surface area (Å²) in [6.45, 7) is 5.13. The fourth-order valence-electron chi connectivity index (χ4n) is 3.50. The third-order valence-electron chi connectivity index (χ3n) is 4.65. The summed E-state index contributed by atoms with van der Waals surface area (Å²) in [4.78, 5) is 0. The van der Waals surface area contributed by atoms with Crippen LogP contribution in [0.5, 0.6) is 0 Å². The summed E-state index contributed by atoms with van der Waals surface area (Å²) in [5.41, 5.74) is 5.99. The molecule has 3 N–H and O–H groups in total. The van der Waals surface area contributed by atoms with Gasteiger partial charge in [-0.1, -0.05) is 13.8 Å². The highest BCUT2D eigenvalue weighted by molar-refractivity contribution is 5.04. The van der Waals surface area contributed by atoms with Gasteiger partial charge in [-0.2, -0.15) is 0 Å². The molecule has 2 heteroatoms. The lowest BCUT2D eigenvalue weighted by Crippen LogP contribution is -2.55. The van der Waals surface area contributed by atoms with E-state index in [1.165, 1.54) is 19.3 Å². The predicted octanol–water partition coefficient (Wildman–Crippen LogP) is 1.38. The van der Waals surface area contributed by atoms with Gasteiger partial charge in [-0.15, -0.1) is 0 Å². The molecule has 0 saturated heterocycles. The smallest absolute Gasteiger partial charge is 0.0693 e. The van der Waals surface area contributed by atoms with Gasteiger partial charge in [-0.25, -0.2) is 0 Å². The van der Waals surface area contributed by atoms with Gasteiger partial charge in [0, 0.05) is 6.54 Å². The molecule has 0 spiro atoms. The lowest BCUT2D eigenvalue weighted by atomic mass is 9.45. The van der Waals surface area contributed by atoms with Crippen molar-refractivity contribution < 1.29 is 5.11 Å². The molecule has 13 heavy (non-hydrogen) atoms. The van der Waals surface area contributed by atoms with E-state index in [0.717, 1.165) is 11.8 Å². The quantitative estimate of drug-likeness (QED) is 0.679. The molecule has 0 aliphatic heterocycles. The highest BCUT2D eigenvalue weighted by Gasteiger charge is 2.55. The summed E-state index contributed by atoms with van der Waals surface area (Å²) in [5.74, 6) is 2.12. The molecule has 0 aromatic rings. The lowest BCUT2D eigenvalue weighted by molar-refractivity contribution is -0.135. The Morgan fingerprint density at radius 1 is 1.46 bits per heavy atom. The van der Waals surface area contributed by atoms with Crippen LogP contribution in [0.4, 0.5) is 0 Å². The molecule has 0 heterocycles. The molecule has 3 aliphatic carbocycles. The van der Waals surface area contributed by atoms with Crippen molar-refractivity contribution in [3.8, 4) is 0 Å². The Hall–Kier alpha value is -0.0800. The number of fused-ring (bicyclic) bond motifs is 2. The van der Waals surface area contributed by atoms with Crippen molar-refractivity contribution in [1.29, 1.82) is 0 Å². The predicted molar refractivity (Wildman–Crippen MR) is 53.2 cm³/mol. The SMILES string of the molecule is CC1(C)C2CCC(C(O)CN)C1C2. The van der Waals surface area contributed by atoms with Gasteiger partial charge in [-0.3, -0.25) is 0 Å². The van der Waals surface area contributed by atoms with Gasteiger partial charge in [0.05, 0.1) is 6.10 Å². The molecule has 3 aliphatic rings. The Balaban J connectivity index is 2.07. The first-order valence-electron chi connectivity index (χ1n) is 5.45. The van der Waals surface area contributed by atoms with E-state index in [-0.39, 0.29) is 6.10 Å². The zero-order valence-electron chi connectivity index (χ0n) is 8.66. The van der Waals surface area contributed by atoms with E-state index < -0.39 is 0 Å². The monoisotopic (exact) mass is 183 g/mol. The van der Waals surface area contributed by atoms with Crippen molar-refractivity contribution in [2.75, 3.05) is 6.54 Å². The van der Waals surface area contributed by atoms with Crippen LogP contribution in [0.2, 0.25) is 0 Å². The standard InChI is InChI=1S/C11H21NO/c1-11(2)7-3-4-8(9(11)5-7)10(13)6-12/h7-10,13H,3-6,12H2,1-2H3. The second-order valence-electron chi connectivity index (χ2n) is 5.40. The summed E-state index contributed by atoms with van der Waals surface area (Å²) in [7, 11) is 0. The number of aliphatic hydroxyl groups excluding tert-OH is 1. The Labute approximate surface area is 80.5 Å². The van der Waals surface area contributed by atoms with Gasteiger partial charge < -0.3 is 10.8 Å². The van der Waals surface area contributed by atoms with E-state index in [0.29, 0.717) is 17.9 Å². The first-order chi connectivity index (χ1) is 6.07. The minimum absolute atomic E-state index is 0.259. The normalized spacial score (nSPS) is 43.8. The molecule has 0 aromatic carbocycles. The molecule has 3 saturated carbocycles. The van der Waals surface area contributed by atoms with Crippen LogP contribution in [0.25, 0.3) is 0 Å². The summed E-state index contributed by atoms with van der Waals surface area (Å²) >= 11 is 0. The number of aliphatic hydroxyl groups is 1. The zero-order valence-corrected chi connectivity index (χ0v) is 8.66. The van der Waals surface area contributed by atoms with Gasteiger partial charge in [-0.05, 0) is 42.4 Å². The minimum Gasteiger partial charge on any atom is -0.392 e. The van der Waals surface area contributed by atoms with E-state index in [1.54, 1.807) is 0 Å². The molecule has 76 valence electrons. The van der Waals surface area contributed by atoms with Crippen LogP contribution in [0.3, 0.4) is 0 Å². The second-order valence-corrected chi connectivity index (χ2v) is 5.40. The maximum atomic E-state index is 9.78. The maximum Gasteiger partial charge on any atom is 0.0693 e. The Morgan fingerprint density at radius 2 is 2.15 bits per heavy atom. The summed E-state index contributed by atoms with van der Waals surface area (Å²) in [5, 5.41) is 9.78. The second kappa shape index (κ2) is 2.96. The van der Waals surface area contributed by atoms with E-state index in [2.05, 4.69) is 13.8 Å². The Kier molecular flexibility index (Phi) is 2.16. The molecule has 4 unspecified atom stereocenters. The van der Waals surface area contributed by atoms with Crippen LogP contribution >= 0.6 is 0 Å². The van der Waals surface area contributed by atoms with Crippen molar-refractivity contribution in [2.24, 2.45) is 28.9 Å². The Bertz CT molecular complexity index is 200. The van der Waals surface area contributed by atoms with Crippen LogP contribution in [0, 0.1) is 23.2 Å². The highest BCUT2D eigenvalue weighted by atomic mass is 16.3. The average molecular weight is 183 g/mol. The fraction of sp³-hybridized carbons (Fsp3) is 1.00. The van der Waals surface area contributed by atoms with Crippen molar-refractivity contribution in [3.05, 3.63) is 0 Å². The van der Waals surface area contributed by atoms with E-state index in [4.69, 9.17) is 5.73 Å². The van der Waals surface area contributed by atoms with Crippen molar-refractivity contribution in [3.63, 3.8) is 0 Å². The van der Waals surface area contributed by atoms with Gasteiger partial charge in [0.1, 0.15) is 0 Å². The van der Waals surface area contributed by atoms with Gasteiger partial charge in [0.25, 0.3) is 0 Å². The first-order valence-corrected chi connectivity index (χ1v) is 5.45. The molecule has 3 fully saturated rings. The number of hydrogen-bond acceptors (Lipinski definition) is 2. The van der Waals surface area contributed by atoms with Crippen molar-refractivity contribution >= 4 is 0 Å². The molecule has 0 aromatic heterocycles. The third-order valence-corrected chi connectivity index (χ3v) is 4.65. The molecule has 3 rings (SSSR count). The molecule has 0 radical (unpaired) electrons. The summed E-state index contributed by atoms with van der Waals surface area (Å²) in [6.07, 6.45) is 3.56.